The molecule has 0 fully saturated rings. The zero-order valence-corrected chi connectivity index (χ0v) is 8.28. The summed E-state index contributed by atoms with van der Waals surface area (Å²) in [5, 5.41) is 0. The highest BCUT2D eigenvalue weighted by Crippen LogP contribution is 2.23. The molecule has 0 amide bonds. The number of furan rings is 1. The molecule has 1 heterocycles. The molecule has 2 rings (SSSR count). The first-order chi connectivity index (χ1) is 6.74. The number of benzene rings is 1. The summed E-state index contributed by atoms with van der Waals surface area (Å²) in [7, 11) is 0. The van der Waals surface area contributed by atoms with E-state index >= 15 is 0 Å². The molecule has 0 aliphatic heterocycles. The highest BCUT2D eigenvalue weighted by Gasteiger charge is 2.00. The number of hydrogen-bond acceptors (Lipinski definition) is 2. The van der Waals surface area contributed by atoms with Gasteiger partial charge in [0.1, 0.15) is 11.5 Å². The Morgan fingerprint density at radius 1 is 0.929 bits per heavy atom. The maximum absolute atomic E-state index is 5.49. The van der Waals surface area contributed by atoms with Crippen molar-refractivity contribution in [3.8, 4) is 11.7 Å². The number of ether oxygens (including phenoxy) is 1. The van der Waals surface area contributed by atoms with Gasteiger partial charge in [-0.25, -0.2) is 0 Å². The number of rotatable bonds is 2. The van der Waals surface area contributed by atoms with Crippen molar-refractivity contribution in [2.45, 2.75) is 13.8 Å². The van der Waals surface area contributed by atoms with Gasteiger partial charge >= 0.3 is 0 Å². The minimum atomic E-state index is 0.534. The van der Waals surface area contributed by atoms with Crippen LogP contribution in [-0.4, -0.2) is 0 Å². The van der Waals surface area contributed by atoms with Crippen molar-refractivity contribution in [2.75, 3.05) is 0 Å². The SMILES string of the molecule is Cc1ccc(Oc2ccc(C)o2)cc1. The third kappa shape index (κ3) is 1.96. The summed E-state index contributed by atoms with van der Waals surface area (Å²) in [6, 6.07) is 11.6. The first-order valence-corrected chi connectivity index (χ1v) is 4.55. The van der Waals surface area contributed by atoms with Crippen molar-refractivity contribution in [3.05, 3.63) is 47.7 Å². The maximum atomic E-state index is 5.49. The molecular weight excluding hydrogens is 176 g/mol. The van der Waals surface area contributed by atoms with Gasteiger partial charge in [-0.3, -0.25) is 0 Å². The molecule has 2 aromatic rings. The van der Waals surface area contributed by atoms with Crippen molar-refractivity contribution in [2.24, 2.45) is 0 Å². The second-order valence-electron chi connectivity index (χ2n) is 3.28. The van der Waals surface area contributed by atoms with Gasteiger partial charge in [0, 0.05) is 6.07 Å². The van der Waals surface area contributed by atoms with Gasteiger partial charge in [0.05, 0.1) is 0 Å². The van der Waals surface area contributed by atoms with E-state index in [1.54, 1.807) is 0 Å². The van der Waals surface area contributed by atoms with Crippen LogP contribution in [0.15, 0.2) is 40.8 Å². The van der Waals surface area contributed by atoms with Gasteiger partial charge in [-0.1, -0.05) is 17.7 Å². The van der Waals surface area contributed by atoms with Gasteiger partial charge in [-0.15, -0.1) is 0 Å². The van der Waals surface area contributed by atoms with Crippen molar-refractivity contribution in [3.63, 3.8) is 0 Å². The van der Waals surface area contributed by atoms with E-state index in [-0.39, 0.29) is 0 Å². The van der Waals surface area contributed by atoms with Crippen LogP contribution in [-0.2, 0) is 0 Å². The summed E-state index contributed by atoms with van der Waals surface area (Å²) in [6.07, 6.45) is 0. The lowest BCUT2D eigenvalue weighted by Gasteiger charge is -2.01. The predicted molar refractivity (Wildman–Crippen MR) is 54.7 cm³/mol. The molecule has 0 atom stereocenters. The van der Waals surface area contributed by atoms with Crippen LogP contribution >= 0.6 is 0 Å². The summed E-state index contributed by atoms with van der Waals surface area (Å²) >= 11 is 0. The van der Waals surface area contributed by atoms with Crippen LogP contribution in [0.4, 0.5) is 0 Å². The number of hydrogen-bond donors (Lipinski definition) is 0. The Hall–Kier alpha value is -1.70. The average Bonchev–Trinajstić information content (AvgIpc) is 2.56. The third-order valence-corrected chi connectivity index (χ3v) is 1.96. The van der Waals surface area contributed by atoms with E-state index in [9.17, 15) is 0 Å². The molecule has 1 aromatic heterocycles. The van der Waals surface area contributed by atoms with E-state index in [0.717, 1.165) is 11.5 Å². The number of aryl methyl sites for hydroxylation is 2. The molecule has 0 spiro atoms. The van der Waals surface area contributed by atoms with Crippen LogP contribution in [0.5, 0.6) is 11.7 Å². The smallest absolute Gasteiger partial charge is 0.290 e. The van der Waals surface area contributed by atoms with E-state index in [1.165, 1.54) is 5.56 Å². The molecule has 1 aromatic carbocycles. The van der Waals surface area contributed by atoms with Crippen LogP contribution < -0.4 is 4.74 Å². The average molecular weight is 188 g/mol. The molecule has 2 nitrogen and oxygen atoms in total. The van der Waals surface area contributed by atoms with Crippen molar-refractivity contribution >= 4 is 0 Å². The van der Waals surface area contributed by atoms with Gasteiger partial charge in [0.25, 0.3) is 5.95 Å². The van der Waals surface area contributed by atoms with Crippen LogP contribution in [0.25, 0.3) is 0 Å². The highest BCUT2D eigenvalue weighted by atomic mass is 16.6. The molecule has 72 valence electrons. The van der Waals surface area contributed by atoms with Gasteiger partial charge in [-0.2, -0.15) is 0 Å². The van der Waals surface area contributed by atoms with Gasteiger partial charge in [-0.05, 0) is 32.0 Å². The molecule has 0 aliphatic rings. The molecule has 14 heavy (non-hydrogen) atoms. The zero-order chi connectivity index (χ0) is 9.97. The topological polar surface area (TPSA) is 22.4 Å². The Bertz CT molecular complexity index is 412. The molecule has 0 bridgehead atoms. The summed E-state index contributed by atoms with van der Waals surface area (Å²) in [5.41, 5.74) is 1.22. The van der Waals surface area contributed by atoms with Crippen molar-refractivity contribution in [1.29, 1.82) is 0 Å². The minimum absolute atomic E-state index is 0.534. The Balaban J connectivity index is 2.15. The molecular formula is C12H12O2. The van der Waals surface area contributed by atoms with Gasteiger partial charge in [0.2, 0.25) is 0 Å². The van der Waals surface area contributed by atoms with E-state index in [2.05, 4.69) is 0 Å². The molecule has 0 saturated heterocycles. The van der Waals surface area contributed by atoms with E-state index in [0.29, 0.717) is 5.95 Å². The summed E-state index contributed by atoms with van der Waals surface area (Å²) in [4.78, 5) is 0. The summed E-state index contributed by atoms with van der Waals surface area (Å²) in [6.45, 7) is 3.93. The molecule has 0 saturated carbocycles. The lowest BCUT2D eigenvalue weighted by molar-refractivity contribution is 0.338. The first kappa shape index (κ1) is 8.88. The molecule has 0 radical (unpaired) electrons. The fraction of sp³-hybridized carbons (Fsp3) is 0.167. The quantitative estimate of drug-likeness (QED) is 0.717. The fourth-order valence-electron chi connectivity index (χ4n) is 1.19. The normalized spacial score (nSPS) is 10.1. The standard InChI is InChI=1S/C12H12O2/c1-9-3-6-11(7-4-9)14-12-8-5-10(2)13-12/h3-8H,1-2H3. The minimum Gasteiger partial charge on any atom is -0.431 e. The van der Waals surface area contributed by atoms with Crippen molar-refractivity contribution in [1.82, 2.24) is 0 Å². The lowest BCUT2D eigenvalue weighted by Crippen LogP contribution is -1.81. The maximum Gasteiger partial charge on any atom is 0.290 e. The largest absolute Gasteiger partial charge is 0.431 e. The summed E-state index contributed by atoms with van der Waals surface area (Å²) < 4.78 is 10.8. The predicted octanol–water partition coefficient (Wildman–Crippen LogP) is 3.69. The zero-order valence-electron chi connectivity index (χ0n) is 8.28. The Kier molecular flexibility index (Phi) is 2.27. The lowest BCUT2D eigenvalue weighted by atomic mass is 10.2. The van der Waals surface area contributed by atoms with Crippen LogP contribution in [0.2, 0.25) is 0 Å². The Morgan fingerprint density at radius 3 is 2.21 bits per heavy atom. The van der Waals surface area contributed by atoms with E-state index in [1.807, 2.05) is 50.2 Å². The highest BCUT2D eigenvalue weighted by molar-refractivity contribution is 5.29. The molecule has 0 unspecified atom stereocenters. The Morgan fingerprint density at radius 2 is 1.64 bits per heavy atom. The van der Waals surface area contributed by atoms with Gasteiger partial charge < -0.3 is 9.15 Å². The van der Waals surface area contributed by atoms with Crippen molar-refractivity contribution < 1.29 is 9.15 Å². The van der Waals surface area contributed by atoms with Crippen LogP contribution in [0.1, 0.15) is 11.3 Å². The molecule has 2 heteroatoms. The van der Waals surface area contributed by atoms with Crippen LogP contribution in [0.3, 0.4) is 0 Å². The monoisotopic (exact) mass is 188 g/mol. The Labute approximate surface area is 83.1 Å². The van der Waals surface area contributed by atoms with Gasteiger partial charge in [0.15, 0.2) is 0 Å². The summed E-state index contributed by atoms with van der Waals surface area (Å²) in [5.74, 6) is 2.18. The second kappa shape index (κ2) is 3.58. The second-order valence-corrected chi connectivity index (χ2v) is 3.28. The first-order valence-electron chi connectivity index (χ1n) is 4.55. The third-order valence-electron chi connectivity index (χ3n) is 1.96. The molecule has 0 N–H and O–H groups in total. The van der Waals surface area contributed by atoms with Crippen LogP contribution in [0, 0.1) is 13.8 Å². The molecule has 0 aliphatic carbocycles. The van der Waals surface area contributed by atoms with E-state index < -0.39 is 0 Å². The van der Waals surface area contributed by atoms with E-state index in [4.69, 9.17) is 9.15 Å². The fourth-order valence-corrected chi connectivity index (χ4v) is 1.19.